The molecule has 0 saturated heterocycles. The van der Waals surface area contributed by atoms with Gasteiger partial charge in [-0.05, 0) is 48.9 Å². The number of fused-ring (bicyclic) bond motifs is 1. The Balaban J connectivity index is 2.30. The monoisotopic (exact) mass is 364 g/mol. The van der Waals surface area contributed by atoms with Crippen LogP contribution in [0.2, 0.25) is 0 Å². The molecule has 1 heterocycles. The van der Waals surface area contributed by atoms with Gasteiger partial charge in [-0.25, -0.2) is 9.78 Å². The number of carbonyl (C=O) groups is 1. The third kappa shape index (κ3) is 2.98. The van der Waals surface area contributed by atoms with Gasteiger partial charge in [0.15, 0.2) is 0 Å². The second-order valence-corrected chi connectivity index (χ2v) is 5.62. The Morgan fingerprint density at radius 2 is 1.85 bits per heavy atom. The summed E-state index contributed by atoms with van der Waals surface area (Å²) in [7, 11) is 2.68. The first-order valence-corrected chi connectivity index (χ1v) is 7.59. The minimum atomic E-state index is -4.67. The highest BCUT2D eigenvalue weighted by atomic mass is 19.4. The topological polar surface area (TPSA) is 53.3 Å². The molecule has 0 bridgehead atoms. The van der Waals surface area contributed by atoms with E-state index in [4.69, 9.17) is 4.74 Å². The van der Waals surface area contributed by atoms with Crippen LogP contribution in [0.3, 0.4) is 0 Å². The Morgan fingerprint density at radius 1 is 1.12 bits per heavy atom. The van der Waals surface area contributed by atoms with Crippen molar-refractivity contribution in [2.45, 2.75) is 13.1 Å². The summed E-state index contributed by atoms with van der Waals surface area (Å²) in [6.07, 6.45) is -4.67. The number of hydrogen-bond acceptors (Lipinski definition) is 4. The molecule has 3 aromatic rings. The molecular formula is C18H15F3N2O3. The molecule has 0 amide bonds. The summed E-state index contributed by atoms with van der Waals surface area (Å²) in [5.74, 6) is -1.17. The van der Waals surface area contributed by atoms with Crippen LogP contribution in [0.15, 0.2) is 36.4 Å². The Bertz CT molecular complexity index is 993. The standard InChI is InChI=1S/C18H15F3N2O3/c1-10-8-12(25-2)5-7-14(10)23-15-6-4-11(16(24)26-3)9-13(15)22-17(23)18(19,20)21/h4-9H,1-3H3. The van der Waals surface area contributed by atoms with Crippen LogP contribution in [0, 0.1) is 6.92 Å². The Morgan fingerprint density at radius 3 is 2.42 bits per heavy atom. The van der Waals surface area contributed by atoms with Crippen LogP contribution in [0.1, 0.15) is 21.7 Å². The lowest BCUT2D eigenvalue weighted by Gasteiger charge is -2.14. The number of imidazole rings is 1. The largest absolute Gasteiger partial charge is 0.497 e. The average molecular weight is 364 g/mol. The molecule has 0 spiro atoms. The molecule has 0 aliphatic carbocycles. The average Bonchev–Trinajstić information content (AvgIpc) is 2.99. The van der Waals surface area contributed by atoms with Gasteiger partial charge in [-0.3, -0.25) is 4.57 Å². The fraction of sp³-hybridized carbons (Fsp3) is 0.222. The maximum atomic E-state index is 13.6. The minimum absolute atomic E-state index is 0.0513. The Labute approximate surface area is 147 Å². The SMILES string of the molecule is COC(=O)c1ccc2c(c1)nc(C(F)(F)F)n2-c1ccc(OC)cc1C. The first kappa shape index (κ1) is 17.8. The summed E-state index contributed by atoms with van der Waals surface area (Å²) in [6.45, 7) is 1.69. The van der Waals surface area contributed by atoms with Crippen molar-refractivity contribution >= 4 is 17.0 Å². The summed E-state index contributed by atoms with van der Waals surface area (Å²) < 4.78 is 51.5. The number of carbonyl (C=O) groups excluding carboxylic acids is 1. The molecular weight excluding hydrogens is 349 g/mol. The van der Waals surface area contributed by atoms with Crippen molar-refractivity contribution in [1.29, 1.82) is 0 Å². The number of aromatic nitrogens is 2. The Kier molecular flexibility index (Phi) is 4.35. The van der Waals surface area contributed by atoms with Gasteiger partial charge in [0.2, 0.25) is 5.82 Å². The predicted molar refractivity (Wildman–Crippen MR) is 88.7 cm³/mol. The van der Waals surface area contributed by atoms with Crippen molar-refractivity contribution in [2.75, 3.05) is 14.2 Å². The molecule has 0 aliphatic heterocycles. The van der Waals surface area contributed by atoms with Crippen LogP contribution >= 0.6 is 0 Å². The number of alkyl halides is 3. The van der Waals surface area contributed by atoms with E-state index < -0.39 is 18.0 Å². The van der Waals surface area contributed by atoms with Gasteiger partial charge in [0, 0.05) is 0 Å². The summed E-state index contributed by atoms with van der Waals surface area (Å²) in [6, 6.07) is 8.88. The molecule has 0 fully saturated rings. The molecule has 5 nitrogen and oxygen atoms in total. The van der Waals surface area contributed by atoms with E-state index in [-0.39, 0.29) is 16.6 Å². The number of halogens is 3. The maximum absolute atomic E-state index is 13.6. The van der Waals surface area contributed by atoms with Gasteiger partial charge in [-0.2, -0.15) is 13.2 Å². The van der Waals surface area contributed by atoms with E-state index in [1.54, 1.807) is 25.1 Å². The summed E-state index contributed by atoms with van der Waals surface area (Å²) in [4.78, 5) is 15.4. The minimum Gasteiger partial charge on any atom is -0.497 e. The molecule has 3 rings (SSSR count). The van der Waals surface area contributed by atoms with Crippen LogP contribution in [-0.2, 0) is 10.9 Å². The van der Waals surface area contributed by atoms with E-state index in [2.05, 4.69) is 9.72 Å². The van der Waals surface area contributed by atoms with Crippen LogP contribution in [0.5, 0.6) is 5.75 Å². The number of benzene rings is 2. The van der Waals surface area contributed by atoms with Crippen molar-refractivity contribution < 1.29 is 27.4 Å². The van der Waals surface area contributed by atoms with E-state index in [1.165, 1.54) is 32.4 Å². The lowest BCUT2D eigenvalue weighted by molar-refractivity contribution is -0.145. The Hall–Kier alpha value is -3.03. The quantitative estimate of drug-likeness (QED) is 0.655. The van der Waals surface area contributed by atoms with E-state index >= 15 is 0 Å². The van der Waals surface area contributed by atoms with Crippen LogP contribution in [0.25, 0.3) is 16.7 Å². The van der Waals surface area contributed by atoms with Crippen LogP contribution < -0.4 is 4.74 Å². The van der Waals surface area contributed by atoms with E-state index in [0.717, 1.165) is 4.57 Å². The molecule has 0 aliphatic rings. The van der Waals surface area contributed by atoms with Gasteiger partial charge in [-0.15, -0.1) is 0 Å². The maximum Gasteiger partial charge on any atom is 0.450 e. The first-order chi connectivity index (χ1) is 12.3. The second-order valence-electron chi connectivity index (χ2n) is 5.62. The third-order valence-corrected chi connectivity index (χ3v) is 3.97. The highest BCUT2D eigenvalue weighted by Crippen LogP contribution is 2.35. The van der Waals surface area contributed by atoms with E-state index in [0.29, 0.717) is 17.0 Å². The molecule has 0 unspecified atom stereocenters. The lowest BCUT2D eigenvalue weighted by Crippen LogP contribution is -2.14. The molecule has 0 radical (unpaired) electrons. The van der Waals surface area contributed by atoms with Gasteiger partial charge < -0.3 is 9.47 Å². The third-order valence-electron chi connectivity index (χ3n) is 3.97. The number of rotatable bonds is 3. The normalized spacial score (nSPS) is 11.6. The summed E-state index contributed by atoms with van der Waals surface area (Å²) >= 11 is 0. The fourth-order valence-electron chi connectivity index (χ4n) is 2.76. The lowest BCUT2D eigenvalue weighted by atomic mass is 10.1. The number of aryl methyl sites for hydroxylation is 1. The smallest absolute Gasteiger partial charge is 0.450 e. The van der Waals surface area contributed by atoms with E-state index in [1.807, 2.05) is 0 Å². The van der Waals surface area contributed by atoms with Gasteiger partial charge in [-0.1, -0.05) is 0 Å². The van der Waals surface area contributed by atoms with Gasteiger partial charge >= 0.3 is 12.1 Å². The van der Waals surface area contributed by atoms with Crippen LogP contribution in [-0.4, -0.2) is 29.7 Å². The zero-order valence-electron chi connectivity index (χ0n) is 14.2. The van der Waals surface area contributed by atoms with Gasteiger partial charge in [0.25, 0.3) is 0 Å². The van der Waals surface area contributed by atoms with Gasteiger partial charge in [0.1, 0.15) is 5.75 Å². The molecule has 8 heteroatoms. The highest BCUT2D eigenvalue weighted by molar-refractivity contribution is 5.94. The number of hydrogen-bond donors (Lipinski definition) is 0. The number of methoxy groups -OCH3 is 2. The summed E-state index contributed by atoms with van der Waals surface area (Å²) in [5, 5.41) is 0. The molecule has 0 atom stereocenters. The number of esters is 1. The zero-order chi connectivity index (χ0) is 19.1. The molecule has 1 aromatic heterocycles. The van der Waals surface area contributed by atoms with Gasteiger partial charge in [0.05, 0.1) is 36.5 Å². The summed E-state index contributed by atoms with van der Waals surface area (Å²) in [5.41, 5.74) is 1.33. The molecule has 136 valence electrons. The predicted octanol–water partition coefficient (Wildman–Crippen LogP) is 4.15. The molecule has 26 heavy (non-hydrogen) atoms. The highest BCUT2D eigenvalue weighted by Gasteiger charge is 2.38. The van der Waals surface area contributed by atoms with Crippen molar-refractivity contribution in [1.82, 2.24) is 9.55 Å². The van der Waals surface area contributed by atoms with Crippen LogP contribution in [0.4, 0.5) is 13.2 Å². The van der Waals surface area contributed by atoms with Crippen molar-refractivity contribution in [2.24, 2.45) is 0 Å². The molecule has 0 N–H and O–H groups in total. The second kappa shape index (κ2) is 6.36. The van der Waals surface area contributed by atoms with Crippen molar-refractivity contribution in [3.05, 3.63) is 53.3 Å². The van der Waals surface area contributed by atoms with Crippen molar-refractivity contribution in [3.63, 3.8) is 0 Å². The van der Waals surface area contributed by atoms with E-state index in [9.17, 15) is 18.0 Å². The first-order valence-electron chi connectivity index (χ1n) is 7.59. The number of nitrogens with zero attached hydrogens (tertiary/aromatic N) is 2. The fourth-order valence-corrected chi connectivity index (χ4v) is 2.76. The molecule has 2 aromatic carbocycles. The van der Waals surface area contributed by atoms with Crippen molar-refractivity contribution in [3.8, 4) is 11.4 Å². The molecule has 0 saturated carbocycles. The number of ether oxygens (including phenoxy) is 2. The zero-order valence-corrected chi connectivity index (χ0v) is 14.2.